The molecule has 1 rings (SSSR count). The van der Waals surface area contributed by atoms with Gasteiger partial charge >= 0.3 is 5.97 Å². The van der Waals surface area contributed by atoms with E-state index in [9.17, 15) is 9.59 Å². The molecule has 1 atom stereocenters. The molecule has 1 saturated heterocycles. The minimum Gasteiger partial charge on any atom is -0.483 e. The Balaban J connectivity index is 1.92. The van der Waals surface area contributed by atoms with Crippen LogP contribution in [0.4, 0.5) is 0 Å². The predicted octanol–water partition coefficient (Wildman–Crippen LogP) is 4.71. The monoisotopic (exact) mass is 324 g/mol. The molecule has 0 bridgehead atoms. The van der Waals surface area contributed by atoms with E-state index in [-0.39, 0.29) is 5.97 Å². The highest BCUT2D eigenvalue weighted by Gasteiger charge is 2.31. The zero-order valence-electron chi connectivity index (χ0n) is 14.8. The summed E-state index contributed by atoms with van der Waals surface area (Å²) in [5.74, 6) is 1.19. The van der Waals surface area contributed by atoms with Gasteiger partial charge in [-0.25, -0.2) is 0 Å². The minimum absolute atomic E-state index is 0.136. The number of Topliss-reactive ketones (excluding diaryl/α,β-unsaturated/α-hetero) is 1. The summed E-state index contributed by atoms with van der Waals surface area (Å²) < 4.78 is 10.1. The van der Waals surface area contributed by atoms with E-state index in [1.165, 1.54) is 26.4 Å². The molecule has 0 radical (unpaired) electrons. The van der Waals surface area contributed by atoms with Crippen LogP contribution in [0.3, 0.4) is 0 Å². The lowest BCUT2D eigenvalue weighted by molar-refractivity contribution is -0.140. The molecular formula is C19H32O4. The molecule has 1 aliphatic heterocycles. The molecule has 0 saturated carbocycles. The van der Waals surface area contributed by atoms with Gasteiger partial charge in [-0.05, 0) is 31.8 Å². The minimum atomic E-state index is -0.136. The van der Waals surface area contributed by atoms with E-state index in [1.807, 2.05) is 6.08 Å². The van der Waals surface area contributed by atoms with Crippen molar-refractivity contribution >= 4 is 11.8 Å². The van der Waals surface area contributed by atoms with Gasteiger partial charge < -0.3 is 9.47 Å². The first-order valence-electron chi connectivity index (χ1n) is 9.12. The van der Waals surface area contributed by atoms with Crippen molar-refractivity contribution in [1.29, 1.82) is 0 Å². The quantitative estimate of drug-likeness (QED) is 0.264. The number of ether oxygens (including phenoxy) is 2. The van der Waals surface area contributed by atoms with Crippen molar-refractivity contribution in [3.63, 3.8) is 0 Å². The fraction of sp³-hybridized carbons (Fsp3) is 0.789. The molecule has 1 fully saturated rings. The van der Waals surface area contributed by atoms with Crippen molar-refractivity contribution in [3.05, 3.63) is 11.8 Å². The molecule has 0 N–H and O–H groups in total. The SMILES string of the molecule is CCCCCC1OC1=CCC(=O)CCCCCCCC(=O)OC. The Hall–Kier alpha value is -1.32. The van der Waals surface area contributed by atoms with E-state index >= 15 is 0 Å². The largest absolute Gasteiger partial charge is 0.483 e. The Morgan fingerprint density at radius 1 is 1.04 bits per heavy atom. The molecule has 0 aromatic carbocycles. The lowest BCUT2D eigenvalue weighted by Crippen LogP contribution is -1.99. The van der Waals surface area contributed by atoms with Gasteiger partial charge in [0.1, 0.15) is 11.5 Å². The number of carbonyl (C=O) groups excluding carboxylic acids is 2. The van der Waals surface area contributed by atoms with Crippen LogP contribution in [-0.4, -0.2) is 25.0 Å². The predicted molar refractivity (Wildman–Crippen MR) is 91.1 cm³/mol. The zero-order valence-corrected chi connectivity index (χ0v) is 14.8. The van der Waals surface area contributed by atoms with Gasteiger partial charge in [0.2, 0.25) is 0 Å². The number of hydrogen-bond acceptors (Lipinski definition) is 4. The molecule has 0 spiro atoms. The molecule has 0 aromatic heterocycles. The van der Waals surface area contributed by atoms with Crippen LogP contribution in [0.2, 0.25) is 0 Å². The summed E-state index contributed by atoms with van der Waals surface area (Å²) >= 11 is 0. The molecule has 1 heterocycles. The third-order valence-electron chi connectivity index (χ3n) is 4.20. The van der Waals surface area contributed by atoms with E-state index in [4.69, 9.17) is 4.74 Å². The molecule has 4 nitrogen and oxygen atoms in total. The Morgan fingerprint density at radius 2 is 1.74 bits per heavy atom. The second kappa shape index (κ2) is 12.1. The van der Waals surface area contributed by atoms with Gasteiger partial charge in [0, 0.05) is 19.3 Å². The second-order valence-corrected chi connectivity index (χ2v) is 6.30. The molecule has 1 unspecified atom stereocenters. The van der Waals surface area contributed by atoms with E-state index < -0.39 is 0 Å². The number of rotatable bonds is 14. The number of allylic oxidation sites excluding steroid dienone is 1. The number of epoxide rings is 1. The van der Waals surface area contributed by atoms with Crippen LogP contribution in [-0.2, 0) is 19.1 Å². The fourth-order valence-corrected chi connectivity index (χ4v) is 2.63. The van der Waals surface area contributed by atoms with Crippen molar-refractivity contribution < 1.29 is 19.1 Å². The average molecular weight is 324 g/mol. The summed E-state index contributed by atoms with van der Waals surface area (Å²) in [6.07, 6.45) is 13.7. The van der Waals surface area contributed by atoms with E-state index in [0.29, 0.717) is 31.1 Å². The summed E-state index contributed by atoms with van der Waals surface area (Å²) in [5, 5.41) is 0. The van der Waals surface area contributed by atoms with Gasteiger partial charge in [0.05, 0.1) is 7.11 Å². The summed E-state index contributed by atoms with van der Waals surface area (Å²) in [6, 6.07) is 0. The van der Waals surface area contributed by atoms with Crippen molar-refractivity contribution in [2.45, 2.75) is 90.1 Å². The maximum Gasteiger partial charge on any atom is 0.305 e. The van der Waals surface area contributed by atoms with E-state index in [2.05, 4.69) is 11.7 Å². The molecular weight excluding hydrogens is 292 g/mol. The fourth-order valence-electron chi connectivity index (χ4n) is 2.63. The molecule has 0 aromatic rings. The van der Waals surface area contributed by atoms with Crippen molar-refractivity contribution in [3.8, 4) is 0 Å². The molecule has 1 aliphatic rings. The maximum atomic E-state index is 11.8. The van der Waals surface area contributed by atoms with Gasteiger partial charge in [0.15, 0.2) is 6.10 Å². The van der Waals surface area contributed by atoms with Gasteiger partial charge in [-0.2, -0.15) is 0 Å². The highest BCUT2D eigenvalue weighted by molar-refractivity contribution is 5.79. The average Bonchev–Trinajstić information content (AvgIpc) is 3.30. The van der Waals surface area contributed by atoms with E-state index in [0.717, 1.165) is 44.3 Å². The number of carbonyl (C=O) groups is 2. The summed E-state index contributed by atoms with van der Waals surface area (Å²) in [5.41, 5.74) is 0. The zero-order chi connectivity index (χ0) is 16.9. The summed E-state index contributed by atoms with van der Waals surface area (Å²) in [7, 11) is 1.42. The van der Waals surface area contributed by atoms with Crippen LogP contribution in [0.15, 0.2) is 11.8 Å². The summed E-state index contributed by atoms with van der Waals surface area (Å²) in [4.78, 5) is 22.7. The Bertz CT molecular complexity index is 387. The number of hydrogen-bond donors (Lipinski definition) is 0. The first-order valence-corrected chi connectivity index (χ1v) is 9.12. The smallest absolute Gasteiger partial charge is 0.305 e. The van der Waals surface area contributed by atoms with Crippen LogP contribution in [0, 0.1) is 0 Å². The summed E-state index contributed by atoms with van der Waals surface area (Å²) in [6.45, 7) is 2.20. The Morgan fingerprint density at radius 3 is 2.43 bits per heavy atom. The number of unbranched alkanes of at least 4 members (excludes halogenated alkanes) is 6. The topological polar surface area (TPSA) is 55.9 Å². The molecule has 23 heavy (non-hydrogen) atoms. The lowest BCUT2D eigenvalue weighted by Gasteiger charge is -2.01. The van der Waals surface area contributed by atoms with Crippen molar-refractivity contribution in [1.82, 2.24) is 0 Å². The molecule has 4 heteroatoms. The van der Waals surface area contributed by atoms with Crippen LogP contribution >= 0.6 is 0 Å². The molecule has 0 aliphatic carbocycles. The van der Waals surface area contributed by atoms with Crippen LogP contribution < -0.4 is 0 Å². The third-order valence-corrected chi connectivity index (χ3v) is 4.20. The van der Waals surface area contributed by atoms with Crippen LogP contribution in [0.1, 0.15) is 84.0 Å². The van der Waals surface area contributed by atoms with Crippen LogP contribution in [0.5, 0.6) is 0 Å². The van der Waals surface area contributed by atoms with Crippen LogP contribution in [0.25, 0.3) is 0 Å². The maximum absolute atomic E-state index is 11.8. The standard InChI is InChI=1S/C19H32O4/c1-3-4-8-12-17-18(23-17)15-14-16(20)11-9-6-5-7-10-13-19(21)22-2/h15,17H,3-14H2,1-2H3. The normalized spacial score (nSPS) is 17.8. The highest BCUT2D eigenvalue weighted by Crippen LogP contribution is 2.32. The molecule has 132 valence electrons. The van der Waals surface area contributed by atoms with Crippen molar-refractivity contribution in [2.75, 3.05) is 7.11 Å². The second-order valence-electron chi connectivity index (χ2n) is 6.30. The highest BCUT2D eigenvalue weighted by atomic mass is 16.6. The van der Waals surface area contributed by atoms with Gasteiger partial charge in [-0.3, -0.25) is 9.59 Å². The molecule has 0 amide bonds. The Kier molecular flexibility index (Phi) is 10.4. The van der Waals surface area contributed by atoms with Gasteiger partial charge in [-0.15, -0.1) is 0 Å². The number of methoxy groups -OCH3 is 1. The first-order chi connectivity index (χ1) is 11.2. The number of esters is 1. The van der Waals surface area contributed by atoms with Gasteiger partial charge in [0.25, 0.3) is 0 Å². The van der Waals surface area contributed by atoms with Gasteiger partial charge in [-0.1, -0.05) is 39.0 Å². The lowest BCUT2D eigenvalue weighted by atomic mass is 10.1. The first kappa shape index (κ1) is 19.7. The third kappa shape index (κ3) is 10.1. The van der Waals surface area contributed by atoms with Crippen molar-refractivity contribution in [2.24, 2.45) is 0 Å². The van der Waals surface area contributed by atoms with E-state index in [1.54, 1.807) is 0 Å². The Labute approximate surface area is 140 Å². The number of ketones is 1.